The molecule has 0 aliphatic heterocycles. The van der Waals surface area contributed by atoms with E-state index >= 15 is 0 Å². The normalized spacial score (nSPS) is 10.1. The Bertz CT molecular complexity index is 792. The number of hydrogen-bond acceptors (Lipinski definition) is 3. The summed E-state index contributed by atoms with van der Waals surface area (Å²) in [6.07, 6.45) is 0. The third-order valence-electron chi connectivity index (χ3n) is 3.47. The standard InChI is InChI=1S/C18H17Cl2N3O3/c1-23(11-15(24)22-17-13(19)8-5-9-14(17)20)16(25)10-21-18(26)12-6-3-2-4-7-12/h2-9H,10-11H2,1H3,(H,21,26)(H,22,24). The molecule has 3 amide bonds. The number of para-hydroxylation sites is 1. The highest BCUT2D eigenvalue weighted by atomic mass is 35.5. The minimum atomic E-state index is -0.453. The van der Waals surface area contributed by atoms with E-state index in [2.05, 4.69) is 10.6 Å². The van der Waals surface area contributed by atoms with Gasteiger partial charge < -0.3 is 15.5 Å². The number of rotatable bonds is 6. The Morgan fingerprint density at radius 3 is 2.19 bits per heavy atom. The summed E-state index contributed by atoms with van der Waals surface area (Å²) in [5.74, 6) is -1.22. The third kappa shape index (κ3) is 5.47. The topological polar surface area (TPSA) is 78.5 Å². The first-order valence-electron chi connectivity index (χ1n) is 7.69. The number of nitrogens with zero attached hydrogens (tertiary/aromatic N) is 1. The lowest BCUT2D eigenvalue weighted by Gasteiger charge is -2.18. The maximum Gasteiger partial charge on any atom is 0.251 e. The lowest BCUT2D eigenvalue weighted by Crippen LogP contribution is -2.41. The Hall–Kier alpha value is -2.57. The first-order chi connectivity index (χ1) is 12.4. The van der Waals surface area contributed by atoms with E-state index in [9.17, 15) is 14.4 Å². The highest BCUT2D eigenvalue weighted by Gasteiger charge is 2.16. The van der Waals surface area contributed by atoms with Gasteiger partial charge in [-0.1, -0.05) is 47.5 Å². The highest BCUT2D eigenvalue weighted by molar-refractivity contribution is 6.39. The van der Waals surface area contributed by atoms with Crippen molar-refractivity contribution in [1.82, 2.24) is 10.2 Å². The number of amides is 3. The zero-order chi connectivity index (χ0) is 19.1. The van der Waals surface area contributed by atoms with Gasteiger partial charge in [0.05, 0.1) is 28.8 Å². The van der Waals surface area contributed by atoms with E-state index in [0.717, 1.165) is 0 Å². The monoisotopic (exact) mass is 393 g/mol. The minimum absolute atomic E-state index is 0.207. The van der Waals surface area contributed by atoms with Gasteiger partial charge in [-0.05, 0) is 24.3 Å². The molecule has 26 heavy (non-hydrogen) atoms. The lowest BCUT2D eigenvalue weighted by molar-refractivity contribution is -0.132. The van der Waals surface area contributed by atoms with E-state index in [1.807, 2.05) is 0 Å². The van der Waals surface area contributed by atoms with Crippen LogP contribution in [-0.4, -0.2) is 42.8 Å². The van der Waals surface area contributed by atoms with E-state index in [1.54, 1.807) is 48.5 Å². The first kappa shape index (κ1) is 19.8. The zero-order valence-corrected chi connectivity index (χ0v) is 15.5. The smallest absolute Gasteiger partial charge is 0.251 e. The molecule has 2 aromatic rings. The summed E-state index contributed by atoms with van der Waals surface area (Å²) in [6.45, 7) is -0.425. The van der Waals surface area contributed by atoms with Crippen molar-refractivity contribution in [3.05, 3.63) is 64.1 Å². The predicted octanol–water partition coefficient (Wildman–Crippen LogP) is 2.82. The number of likely N-dealkylation sites (N-methyl/N-ethyl adjacent to an activating group) is 1. The molecule has 0 atom stereocenters. The molecule has 0 aliphatic carbocycles. The van der Waals surface area contributed by atoms with Crippen molar-refractivity contribution < 1.29 is 14.4 Å². The van der Waals surface area contributed by atoms with Crippen LogP contribution in [0.1, 0.15) is 10.4 Å². The SMILES string of the molecule is CN(CC(=O)Nc1c(Cl)cccc1Cl)C(=O)CNC(=O)c1ccccc1. The van der Waals surface area contributed by atoms with Crippen LogP contribution in [0, 0.1) is 0 Å². The molecule has 0 fully saturated rings. The summed E-state index contributed by atoms with van der Waals surface area (Å²) >= 11 is 12.0. The predicted molar refractivity (Wildman–Crippen MR) is 102 cm³/mol. The van der Waals surface area contributed by atoms with Crippen molar-refractivity contribution in [2.45, 2.75) is 0 Å². The maximum atomic E-state index is 12.1. The van der Waals surface area contributed by atoms with Crippen LogP contribution in [0.25, 0.3) is 0 Å². The first-order valence-corrected chi connectivity index (χ1v) is 8.45. The van der Waals surface area contributed by atoms with E-state index < -0.39 is 11.8 Å². The van der Waals surface area contributed by atoms with Crippen LogP contribution >= 0.6 is 23.2 Å². The van der Waals surface area contributed by atoms with Gasteiger partial charge in [0.1, 0.15) is 0 Å². The quantitative estimate of drug-likeness (QED) is 0.791. The van der Waals surface area contributed by atoms with Crippen molar-refractivity contribution >= 4 is 46.6 Å². The van der Waals surface area contributed by atoms with Gasteiger partial charge in [-0.3, -0.25) is 14.4 Å². The van der Waals surface area contributed by atoms with Crippen molar-refractivity contribution in [3.63, 3.8) is 0 Å². The second-order valence-corrected chi connectivity index (χ2v) is 6.26. The van der Waals surface area contributed by atoms with E-state index in [4.69, 9.17) is 23.2 Å². The maximum absolute atomic E-state index is 12.1. The molecule has 0 heterocycles. The van der Waals surface area contributed by atoms with Crippen LogP contribution in [0.5, 0.6) is 0 Å². The van der Waals surface area contributed by atoms with E-state index in [-0.39, 0.29) is 19.0 Å². The molecule has 2 aromatic carbocycles. The second kappa shape index (κ2) is 9.22. The molecule has 0 aromatic heterocycles. The molecular formula is C18H17Cl2N3O3. The summed E-state index contributed by atoms with van der Waals surface area (Å²) in [4.78, 5) is 37.3. The van der Waals surface area contributed by atoms with Gasteiger partial charge in [0.15, 0.2) is 0 Å². The number of anilines is 1. The molecule has 0 bridgehead atoms. The Morgan fingerprint density at radius 1 is 0.962 bits per heavy atom. The van der Waals surface area contributed by atoms with Gasteiger partial charge in [-0.2, -0.15) is 0 Å². The third-order valence-corrected chi connectivity index (χ3v) is 4.10. The largest absolute Gasteiger partial charge is 0.343 e. The van der Waals surface area contributed by atoms with Crippen LogP contribution in [0.3, 0.4) is 0 Å². The average molecular weight is 394 g/mol. The van der Waals surface area contributed by atoms with Crippen molar-refractivity contribution in [1.29, 1.82) is 0 Å². The van der Waals surface area contributed by atoms with Crippen LogP contribution in [-0.2, 0) is 9.59 Å². The number of carbonyl (C=O) groups excluding carboxylic acids is 3. The Kier molecular flexibility index (Phi) is 7.00. The van der Waals surface area contributed by atoms with Gasteiger partial charge in [0, 0.05) is 12.6 Å². The van der Waals surface area contributed by atoms with E-state index in [1.165, 1.54) is 11.9 Å². The Balaban J connectivity index is 1.84. The summed E-state index contributed by atoms with van der Waals surface area (Å²) in [7, 11) is 1.46. The van der Waals surface area contributed by atoms with Crippen LogP contribution in [0.15, 0.2) is 48.5 Å². The molecule has 136 valence electrons. The second-order valence-electron chi connectivity index (χ2n) is 5.44. The van der Waals surface area contributed by atoms with Crippen LogP contribution < -0.4 is 10.6 Å². The molecule has 0 saturated carbocycles. The fraction of sp³-hybridized carbons (Fsp3) is 0.167. The van der Waals surface area contributed by atoms with Crippen LogP contribution in [0.2, 0.25) is 10.0 Å². The Morgan fingerprint density at radius 2 is 1.58 bits per heavy atom. The number of benzene rings is 2. The molecule has 0 aliphatic rings. The fourth-order valence-corrected chi connectivity index (χ4v) is 2.57. The van der Waals surface area contributed by atoms with Gasteiger partial charge >= 0.3 is 0 Å². The number of halogens is 2. The molecule has 6 nitrogen and oxygen atoms in total. The van der Waals surface area contributed by atoms with Crippen molar-refractivity contribution in [3.8, 4) is 0 Å². The summed E-state index contributed by atoms with van der Waals surface area (Å²) in [6, 6.07) is 13.4. The molecule has 2 N–H and O–H groups in total. The Labute approximate surface area is 161 Å². The van der Waals surface area contributed by atoms with E-state index in [0.29, 0.717) is 21.3 Å². The summed E-state index contributed by atoms with van der Waals surface area (Å²) < 4.78 is 0. The highest BCUT2D eigenvalue weighted by Crippen LogP contribution is 2.29. The molecule has 0 saturated heterocycles. The minimum Gasteiger partial charge on any atom is -0.343 e. The fourth-order valence-electron chi connectivity index (χ4n) is 2.08. The summed E-state index contributed by atoms with van der Waals surface area (Å²) in [5.41, 5.74) is 0.744. The lowest BCUT2D eigenvalue weighted by atomic mass is 10.2. The molecule has 2 rings (SSSR count). The molecular weight excluding hydrogens is 377 g/mol. The average Bonchev–Trinajstić information content (AvgIpc) is 2.63. The van der Waals surface area contributed by atoms with Gasteiger partial charge in [0.25, 0.3) is 5.91 Å². The van der Waals surface area contributed by atoms with Gasteiger partial charge in [-0.15, -0.1) is 0 Å². The zero-order valence-electron chi connectivity index (χ0n) is 14.0. The van der Waals surface area contributed by atoms with Crippen molar-refractivity contribution in [2.24, 2.45) is 0 Å². The molecule has 0 unspecified atom stereocenters. The molecule has 8 heteroatoms. The number of nitrogens with one attached hydrogen (secondary N) is 2. The molecule has 0 radical (unpaired) electrons. The van der Waals surface area contributed by atoms with Crippen molar-refractivity contribution in [2.75, 3.05) is 25.5 Å². The van der Waals surface area contributed by atoms with Gasteiger partial charge in [0.2, 0.25) is 11.8 Å². The number of hydrogen-bond donors (Lipinski definition) is 2. The molecule has 0 spiro atoms. The van der Waals surface area contributed by atoms with Crippen LogP contribution in [0.4, 0.5) is 5.69 Å². The number of carbonyl (C=O) groups is 3. The summed E-state index contributed by atoms with van der Waals surface area (Å²) in [5, 5.41) is 5.69. The van der Waals surface area contributed by atoms with Gasteiger partial charge in [-0.25, -0.2) is 0 Å².